The van der Waals surface area contributed by atoms with Crippen LogP contribution in [0, 0.1) is 11.3 Å². The van der Waals surface area contributed by atoms with E-state index in [0.29, 0.717) is 25.5 Å². The van der Waals surface area contributed by atoms with Crippen molar-refractivity contribution in [3.05, 3.63) is 35.9 Å². The third-order valence-corrected chi connectivity index (χ3v) is 7.79. The van der Waals surface area contributed by atoms with Crippen LogP contribution >= 0.6 is 0 Å². The average Bonchev–Trinajstić information content (AvgIpc) is 3.23. The molecule has 2 heterocycles. The number of nitrogens with zero attached hydrogens (tertiary/aromatic N) is 3. The van der Waals surface area contributed by atoms with Crippen LogP contribution in [0.15, 0.2) is 35.3 Å². The van der Waals surface area contributed by atoms with E-state index in [-0.39, 0.29) is 23.3 Å². The minimum Gasteiger partial charge on any atom is -0.369 e. The molecule has 2 atom stereocenters. The monoisotopic (exact) mass is 424 g/mol. The molecule has 168 valence electrons. The molecule has 1 aliphatic carbocycles. The van der Waals surface area contributed by atoms with Crippen molar-refractivity contribution in [2.45, 2.75) is 70.3 Å². The first kappa shape index (κ1) is 21.8. The van der Waals surface area contributed by atoms with Gasteiger partial charge in [-0.15, -0.1) is 0 Å². The predicted octanol–water partition coefficient (Wildman–Crippen LogP) is 3.81. The molecule has 2 amide bonds. The molecule has 6 heteroatoms. The highest BCUT2D eigenvalue weighted by Crippen LogP contribution is 2.44. The summed E-state index contributed by atoms with van der Waals surface area (Å²) in [6.45, 7) is 1.37. The molecule has 1 aromatic carbocycles. The maximum absolute atomic E-state index is 13.1. The SMILES string of the molecule is CN1C(=O)CC([C@]2(CCCC3CCCCC3)CCN(C(=O)c3ccccc3)C2)N=C1N. The Kier molecular flexibility index (Phi) is 6.63. The van der Waals surface area contributed by atoms with E-state index >= 15 is 0 Å². The van der Waals surface area contributed by atoms with Gasteiger partial charge < -0.3 is 10.6 Å². The lowest BCUT2D eigenvalue weighted by Gasteiger charge is -2.39. The molecule has 6 nitrogen and oxygen atoms in total. The van der Waals surface area contributed by atoms with Gasteiger partial charge >= 0.3 is 0 Å². The Labute approximate surface area is 185 Å². The quantitative estimate of drug-likeness (QED) is 0.754. The van der Waals surface area contributed by atoms with Gasteiger partial charge in [-0.25, -0.2) is 4.99 Å². The van der Waals surface area contributed by atoms with E-state index in [1.165, 1.54) is 43.4 Å². The molecule has 2 N–H and O–H groups in total. The lowest BCUT2D eigenvalue weighted by Crippen LogP contribution is -2.50. The topological polar surface area (TPSA) is 79.0 Å². The van der Waals surface area contributed by atoms with Gasteiger partial charge in [0.2, 0.25) is 5.91 Å². The van der Waals surface area contributed by atoms with Gasteiger partial charge in [0, 0.05) is 31.1 Å². The summed E-state index contributed by atoms with van der Waals surface area (Å²) in [6, 6.07) is 9.35. The molecule has 2 fully saturated rings. The number of hydrogen-bond donors (Lipinski definition) is 1. The molecule has 1 unspecified atom stereocenters. The van der Waals surface area contributed by atoms with Crippen molar-refractivity contribution in [3.8, 4) is 0 Å². The number of carbonyl (C=O) groups excluding carboxylic acids is 2. The van der Waals surface area contributed by atoms with Gasteiger partial charge in [0.15, 0.2) is 5.96 Å². The number of likely N-dealkylation sites (tertiary alicyclic amines) is 1. The van der Waals surface area contributed by atoms with Gasteiger partial charge in [0.25, 0.3) is 5.91 Å². The van der Waals surface area contributed by atoms with Gasteiger partial charge in [-0.05, 0) is 30.9 Å². The second-order valence-electron chi connectivity index (χ2n) is 9.76. The van der Waals surface area contributed by atoms with Gasteiger partial charge in [0.05, 0.1) is 12.5 Å². The number of amides is 2. The standard InChI is InChI=1S/C25H36N4O2/c1-28-22(30)17-21(27-24(28)26)25(14-8-11-19-9-4-2-5-10-19)15-16-29(18-25)23(31)20-12-6-3-7-13-20/h3,6-7,12-13,19,21H,2,4-5,8-11,14-18H2,1H3,(H2,26,27)/t21?,25-/m1/s1. The zero-order chi connectivity index (χ0) is 21.8. The fourth-order valence-electron chi connectivity index (χ4n) is 5.77. The number of guanidine groups is 1. The summed E-state index contributed by atoms with van der Waals surface area (Å²) in [6.07, 6.45) is 11.4. The van der Waals surface area contributed by atoms with Crippen molar-refractivity contribution in [1.82, 2.24) is 9.80 Å². The van der Waals surface area contributed by atoms with E-state index in [9.17, 15) is 9.59 Å². The van der Waals surface area contributed by atoms with Crippen LogP contribution in [-0.4, -0.2) is 53.8 Å². The Morgan fingerprint density at radius 2 is 1.94 bits per heavy atom. The van der Waals surface area contributed by atoms with Crippen molar-refractivity contribution in [2.24, 2.45) is 22.1 Å². The number of carbonyl (C=O) groups is 2. The van der Waals surface area contributed by atoms with E-state index in [0.717, 1.165) is 30.7 Å². The second kappa shape index (κ2) is 9.41. The summed E-state index contributed by atoms with van der Waals surface area (Å²) in [7, 11) is 1.69. The van der Waals surface area contributed by atoms with Crippen LogP contribution in [0.2, 0.25) is 0 Å². The minimum atomic E-state index is -0.166. The van der Waals surface area contributed by atoms with E-state index in [1.54, 1.807) is 7.05 Å². The Morgan fingerprint density at radius 1 is 1.19 bits per heavy atom. The Hall–Kier alpha value is -2.37. The highest BCUT2D eigenvalue weighted by atomic mass is 16.2. The molecule has 0 radical (unpaired) electrons. The third kappa shape index (κ3) is 4.78. The summed E-state index contributed by atoms with van der Waals surface area (Å²) in [5.41, 5.74) is 6.65. The van der Waals surface area contributed by atoms with Crippen molar-refractivity contribution >= 4 is 17.8 Å². The number of benzene rings is 1. The van der Waals surface area contributed by atoms with E-state index in [2.05, 4.69) is 0 Å². The molecule has 0 spiro atoms. The van der Waals surface area contributed by atoms with Crippen LogP contribution in [0.5, 0.6) is 0 Å². The molecular weight excluding hydrogens is 388 g/mol. The highest BCUT2D eigenvalue weighted by molar-refractivity contribution is 5.98. The van der Waals surface area contributed by atoms with Gasteiger partial charge in [-0.2, -0.15) is 0 Å². The molecule has 4 rings (SSSR count). The number of nitrogens with two attached hydrogens (primary N) is 1. The summed E-state index contributed by atoms with van der Waals surface area (Å²) in [4.78, 5) is 33.8. The maximum Gasteiger partial charge on any atom is 0.253 e. The first-order chi connectivity index (χ1) is 15.0. The molecule has 31 heavy (non-hydrogen) atoms. The molecule has 0 bridgehead atoms. The zero-order valence-corrected chi connectivity index (χ0v) is 18.8. The molecule has 1 saturated carbocycles. The van der Waals surface area contributed by atoms with Crippen molar-refractivity contribution in [1.29, 1.82) is 0 Å². The molecule has 1 saturated heterocycles. The van der Waals surface area contributed by atoms with Crippen LogP contribution in [0.3, 0.4) is 0 Å². The number of hydrogen-bond acceptors (Lipinski definition) is 4. The largest absolute Gasteiger partial charge is 0.369 e. The molecule has 0 aromatic heterocycles. The fourth-order valence-corrected chi connectivity index (χ4v) is 5.77. The maximum atomic E-state index is 13.1. The zero-order valence-electron chi connectivity index (χ0n) is 18.8. The van der Waals surface area contributed by atoms with Crippen molar-refractivity contribution in [3.63, 3.8) is 0 Å². The lowest BCUT2D eigenvalue weighted by molar-refractivity contribution is -0.128. The predicted molar refractivity (Wildman–Crippen MR) is 123 cm³/mol. The van der Waals surface area contributed by atoms with Crippen LogP contribution in [-0.2, 0) is 4.79 Å². The van der Waals surface area contributed by atoms with Crippen LogP contribution in [0.1, 0.15) is 74.6 Å². The molecule has 1 aromatic rings. The van der Waals surface area contributed by atoms with Crippen LogP contribution in [0.25, 0.3) is 0 Å². The fraction of sp³-hybridized carbons (Fsp3) is 0.640. The smallest absolute Gasteiger partial charge is 0.253 e. The molecule has 2 aliphatic heterocycles. The van der Waals surface area contributed by atoms with Gasteiger partial charge in [-0.1, -0.05) is 63.1 Å². The average molecular weight is 425 g/mol. The Balaban J connectivity index is 1.50. The lowest BCUT2D eigenvalue weighted by atomic mass is 9.72. The minimum absolute atomic E-state index is 0.0250. The summed E-state index contributed by atoms with van der Waals surface area (Å²) in [5, 5.41) is 0. The first-order valence-electron chi connectivity index (χ1n) is 11.9. The van der Waals surface area contributed by atoms with Crippen LogP contribution in [0.4, 0.5) is 0 Å². The molecule has 3 aliphatic rings. The van der Waals surface area contributed by atoms with Gasteiger partial charge in [-0.3, -0.25) is 14.5 Å². The molecular formula is C25H36N4O2. The normalized spacial score (nSPS) is 27.5. The van der Waals surface area contributed by atoms with Crippen LogP contribution < -0.4 is 5.73 Å². The van der Waals surface area contributed by atoms with Gasteiger partial charge in [0.1, 0.15) is 0 Å². The van der Waals surface area contributed by atoms with E-state index in [1.807, 2.05) is 35.2 Å². The second-order valence-corrected chi connectivity index (χ2v) is 9.76. The highest BCUT2D eigenvalue weighted by Gasteiger charge is 2.48. The number of aliphatic imine (C=N–C) groups is 1. The summed E-state index contributed by atoms with van der Waals surface area (Å²) in [5.74, 6) is 1.24. The Bertz CT molecular complexity index is 818. The summed E-state index contributed by atoms with van der Waals surface area (Å²) >= 11 is 0. The first-order valence-corrected chi connectivity index (χ1v) is 11.9. The van der Waals surface area contributed by atoms with Crippen molar-refractivity contribution in [2.75, 3.05) is 20.1 Å². The van der Waals surface area contributed by atoms with E-state index in [4.69, 9.17) is 10.7 Å². The Morgan fingerprint density at radius 3 is 2.65 bits per heavy atom. The number of rotatable bonds is 6. The third-order valence-electron chi connectivity index (χ3n) is 7.79. The van der Waals surface area contributed by atoms with E-state index < -0.39 is 0 Å². The summed E-state index contributed by atoms with van der Waals surface area (Å²) < 4.78 is 0. The van der Waals surface area contributed by atoms with Crippen molar-refractivity contribution < 1.29 is 9.59 Å².